The lowest BCUT2D eigenvalue weighted by Gasteiger charge is -2.32. The van der Waals surface area contributed by atoms with E-state index in [1.807, 2.05) is 30.3 Å². The van der Waals surface area contributed by atoms with Crippen LogP contribution in [0.1, 0.15) is 31.7 Å². The van der Waals surface area contributed by atoms with Crippen molar-refractivity contribution in [3.63, 3.8) is 0 Å². The Bertz CT molecular complexity index is 1380. The lowest BCUT2D eigenvalue weighted by Crippen LogP contribution is -2.42. The van der Waals surface area contributed by atoms with Crippen LogP contribution in [-0.4, -0.2) is 72.9 Å². The number of nitrogens with one attached hydrogen (secondary N) is 2. The first-order valence-corrected chi connectivity index (χ1v) is 14.8. The average Bonchev–Trinajstić information content (AvgIpc) is 3.48. The largest absolute Gasteiger partial charge is 0.457 e. The van der Waals surface area contributed by atoms with Crippen molar-refractivity contribution in [2.45, 2.75) is 37.8 Å². The fourth-order valence-corrected chi connectivity index (χ4v) is 7.64. The van der Waals surface area contributed by atoms with Crippen LogP contribution in [-0.2, 0) is 23.4 Å². The molecule has 0 saturated carbocycles. The van der Waals surface area contributed by atoms with Gasteiger partial charge in [-0.1, -0.05) is 41.7 Å². The molecular formula is C22H29N6O8PS. The third-order valence-electron chi connectivity index (χ3n) is 5.75. The van der Waals surface area contributed by atoms with E-state index >= 15 is 0 Å². The van der Waals surface area contributed by atoms with E-state index in [0.717, 1.165) is 16.9 Å². The van der Waals surface area contributed by atoms with Crippen LogP contribution in [0.4, 0.5) is 5.95 Å². The summed E-state index contributed by atoms with van der Waals surface area (Å²) in [5, 5.41) is 23.2. The van der Waals surface area contributed by atoms with Crippen LogP contribution >= 0.6 is 18.1 Å². The minimum absolute atomic E-state index is 0.0340. The summed E-state index contributed by atoms with van der Waals surface area (Å²) < 4.78 is 31.1. The molecule has 0 amide bonds. The first-order chi connectivity index (χ1) is 18.0. The van der Waals surface area contributed by atoms with Crippen LogP contribution in [0.25, 0.3) is 11.2 Å². The number of ether oxygens (including phenoxy) is 2. The molecule has 1 aliphatic rings. The molecule has 0 spiro atoms. The van der Waals surface area contributed by atoms with E-state index < -0.39 is 48.8 Å². The van der Waals surface area contributed by atoms with E-state index in [-0.39, 0.29) is 36.1 Å². The highest BCUT2D eigenvalue weighted by Crippen LogP contribution is 2.60. The standard InChI is InChI=1S/C22H29N6O8PS/c1-13(14-6-4-3-5-7-14)36-19(31)15-10-38-37(33,27-15)35-9-8-34-20(22(2,32)11-29)28-12-24-16-17(28)25-21(23)26-18(16)30/h3-7,12-13,15,20,29,32H,8-11H2,1-2H3,(H,27,33)(H3,23,25,26,30)/t13-,15-,20+,22+,37?/m0/s1. The second kappa shape index (κ2) is 11.5. The maximum Gasteiger partial charge on any atom is 0.327 e. The van der Waals surface area contributed by atoms with Crippen molar-refractivity contribution in [3.05, 3.63) is 52.6 Å². The second-order valence-electron chi connectivity index (χ2n) is 8.81. The van der Waals surface area contributed by atoms with Gasteiger partial charge in [0, 0.05) is 5.75 Å². The van der Waals surface area contributed by atoms with Gasteiger partial charge in [-0.25, -0.2) is 10.1 Å². The maximum absolute atomic E-state index is 13.1. The number of rotatable bonds is 11. The van der Waals surface area contributed by atoms with Crippen LogP contribution in [0.15, 0.2) is 41.5 Å². The zero-order valence-corrected chi connectivity index (χ0v) is 22.4. The van der Waals surface area contributed by atoms with Crippen molar-refractivity contribution in [2.75, 3.05) is 31.3 Å². The Balaban J connectivity index is 1.35. The number of carbonyl (C=O) groups is 1. The predicted molar refractivity (Wildman–Crippen MR) is 139 cm³/mol. The number of nitrogen functional groups attached to an aromatic ring is 1. The highest BCUT2D eigenvalue weighted by atomic mass is 32.7. The van der Waals surface area contributed by atoms with E-state index in [9.17, 15) is 24.4 Å². The molecule has 14 nitrogen and oxygen atoms in total. The number of nitrogens with zero attached hydrogens (tertiary/aromatic N) is 3. The summed E-state index contributed by atoms with van der Waals surface area (Å²) in [7, 11) is 0. The summed E-state index contributed by atoms with van der Waals surface area (Å²) in [5.41, 5.74) is 4.08. The van der Waals surface area contributed by atoms with Gasteiger partial charge in [0.25, 0.3) is 5.56 Å². The van der Waals surface area contributed by atoms with Crippen molar-refractivity contribution >= 4 is 41.2 Å². The molecular weight excluding hydrogens is 539 g/mol. The molecule has 38 heavy (non-hydrogen) atoms. The second-order valence-corrected chi connectivity index (χ2v) is 13.1. The molecule has 4 rings (SSSR count). The van der Waals surface area contributed by atoms with E-state index in [4.69, 9.17) is 19.7 Å². The Kier molecular flexibility index (Phi) is 8.57. The highest BCUT2D eigenvalue weighted by molar-refractivity contribution is 8.56. The zero-order chi connectivity index (χ0) is 27.5. The van der Waals surface area contributed by atoms with E-state index in [1.54, 1.807) is 6.92 Å². The summed E-state index contributed by atoms with van der Waals surface area (Å²) in [6, 6.07) is 8.44. The molecule has 2 aromatic heterocycles. The predicted octanol–water partition coefficient (Wildman–Crippen LogP) is 1.09. The molecule has 3 aromatic rings. The third kappa shape index (κ3) is 6.26. The Hall–Kier alpha value is -2.78. The van der Waals surface area contributed by atoms with Crippen LogP contribution in [0.5, 0.6) is 0 Å². The van der Waals surface area contributed by atoms with E-state index in [0.29, 0.717) is 0 Å². The number of nitrogens with two attached hydrogens (primary N) is 1. The Morgan fingerprint density at radius 1 is 1.37 bits per heavy atom. The summed E-state index contributed by atoms with van der Waals surface area (Å²) in [4.78, 5) is 35.0. The Morgan fingerprint density at radius 3 is 2.82 bits per heavy atom. The molecule has 0 radical (unpaired) electrons. The lowest BCUT2D eigenvalue weighted by molar-refractivity contribution is -0.158. The van der Waals surface area contributed by atoms with Gasteiger partial charge < -0.3 is 29.9 Å². The monoisotopic (exact) mass is 568 g/mol. The minimum Gasteiger partial charge on any atom is -0.457 e. The number of hydrogen-bond acceptors (Lipinski definition) is 12. The SMILES string of the molecule is C[C@H](OC(=O)[C@@H]1CSP(=O)(OCCO[C@@H](n2cnc3c(=O)[nH]c(N)nc32)[C@](C)(O)CO)N1)c1ccccc1. The number of aromatic amines is 1. The number of anilines is 1. The van der Waals surface area contributed by atoms with Gasteiger partial charge in [-0.2, -0.15) is 4.98 Å². The normalized spacial score (nSPS) is 22.7. The Labute approximate surface area is 221 Å². The summed E-state index contributed by atoms with van der Waals surface area (Å²) >= 11 is 0.975. The van der Waals surface area contributed by atoms with E-state index in [1.165, 1.54) is 17.8 Å². The zero-order valence-electron chi connectivity index (χ0n) is 20.6. The van der Waals surface area contributed by atoms with Gasteiger partial charge in [0.1, 0.15) is 17.7 Å². The van der Waals surface area contributed by atoms with Crippen LogP contribution < -0.4 is 16.4 Å². The molecule has 0 aliphatic carbocycles. The van der Waals surface area contributed by atoms with Crippen molar-refractivity contribution in [3.8, 4) is 0 Å². The number of hydrogen-bond donors (Lipinski definition) is 5. The summed E-state index contributed by atoms with van der Waals surface area (Å²) in [6.07, 6.45) is -0.492. The number of aromatic nitrogens is 4. The maximum atomic E-state index is 13.1. The number of aliphatic hydroxyl groups excluding tert-OH is 1. The van der Waals surface area contributed by atoms with Gasteiger partial charge in [0.05, 0.1) is 26.1 Å². The van der Waals surface area contributed by atoms with Gasteiger partial charge in [0.15, 0.2) is 17.4 Å². The third-order valence-corrected chi connectivity index (χ3v) is 9.82. The highest BCUT2D eigenvalue weighted by Gasteiger charge is 2.41. The molecule has 1 fully saturated rings. The smallest absolute Gasteiger partial charge is 0.327 e. The first kappa shape index (κ1) is 28.2. The minimum atomic E-state index is -3.43. The molecule has 1 saturated heterocycles. The number of esters is 1. The number of carbonyl (C=O) groups excluding carboxylic acids is 1. The fraction of sp³-hybridized carbons (Fsp3) is 0.455. The van der Waals surface area contributed by atoms with Crippen molar-refractivity contribution in [1.29, 1.82) is 0 Å². The molecule has 5 atom stereocenters. The van der Waals surface area contributed by atoms with Crippen molar-refractivity contribution in [1.82, 2.24) is 24.6 Å². The molecule has 206 valence electrons. The summed E-state index contributed by atoms with van der Waals surface area (Å²) in [5.74, 6) is -0.508. The van der Waals surface area contributed by atoms with E-state index in [2.05, 4.69) is 20.0 Å². The first-order valence-electron chi connectivity index (χ1n) is 11.6. The molecule has 1 unspecified atom stereocenters. The molecule has 16 heteroatoms. The van der Waals surface area contributed by atoms with Crippen LogP contribution in [0.3, 0.4) is 0 Å². The number of imidazole rings is 1. The summed E-state index contributed by atoms with van der Waals surface area (Å²) in [6.45, 7) is -1.41. The van der Waals surface area contributed by atoms with Gasteiger partial charge in [0.2, 0.25) is 5.95 Å². The lowest BCUT2D eigenvalue weighted by atomic mass is 10.1. The van der Waals surface area contributed by atoms with Gasteiger partial charge in [-0.15, -0.1) is 0 Å². The van der Waals surface area contributed by atoms with Gasteiger partial charge >= 0.3 is 12.7 Å². The van der Waals surface area contributed by atoms with Crippen LogP contribution in [0.2, 0.25) is 0 Å². The molecule has 1 aliphatic heterocycles. The number of fused-ring (bicyclic) bond motifs is 1. The van der Waals surface area contributed by atoms with Gasteiger partial charge in [-0.3, -0.25) is 23.7 Å². The molecule has 3 heterocycles. The van der Waals surface area contributed by atoms with Crippen molar-refractivity contribution in [2.24, 2.45) is 0 Å². The molecule has 6 N–H and O–H groups in total. The van der Waals surface area contributed by atoms with Crippen molar-refractivity contribution < 1.29 is 33.6 Å². The number of aliphatic hydroxyl groups is 2. The molecule has 0 bridgehead atoms. The topological polar surface area (TPSA) is 204 Å². The number of H-pyrrole nitrogens is 1. The van der Waals surface area contributed by atoms with Gasteiger partial charge in [-0.05, 0) is 19.4 Å². The molecule has 1 aromatic carbocycles. The average molecular weight is 569 g/mol. The quantitative estimate of drug-likeness (QED) is 0.125. The number of benzene rings is 1. The van der Waals surface area contributed by atoms with Crippen LogP contribution in [0, 0.1) is 0 Å². The fourth-order valence-electron chi connectivity index (χ4n) is 3.75. The Morgan fingerprint density at radius 2 is 2.11 bits per heavy atom.